The second kappa shape index (κ2) is 6.06. The van der Waals surface area contributed by atoms with E-state index in [1.165, 1.54) is 0 Å². The highest BCUT2D eigenvalue weighted by Crippen LogP contribution is 2.16. The maximum atomic E-state index is 12.1. The van der Waals surface area contributed by atoms with E-state index in [4.69, 9.17) is 5.73 Å². The number of hydrogen-bond acceptors (Lipinski definition) is 3. The van der Waals surface area contributed by atoms with Crippen LogP contribution in [0.4, 0.5) is 5.69 Å². The number of hydrogen-bond donors (Lipinski definition) is 2. The lowest BCUT2D eigenvalue weighted by Crippen LogP contribution is -2.37. The van der Waals surface area contributed by atoms with Crippen molar-refractivity contribution in [2.45, 2.75) is 19.8 Å². The first kappa shape index (κ1) is 13.9. The minimum atomic E-state index is -0.0554. The first-order chi connectivity index (χ1) is 9.06. The van der Waals surface area contributed by atoms with Crippen molar-refractivity contribution < 1.29 is 4.79 Å². The Morgan fingerprint density at radius 2 is 2.11 bits per heavy atom. The van der Waals surface area contributed by atoms with Gasteiger partial charge in [0, 0.05) is 12.2 Å². The summed E-state index contributed by atoms with van der Waals surface area (Å²) in [7, 11) is 2.14. The van der Waals surface area contributed by atoms with E-state index in [2.05, 4.69) is 17.3 Å². The monoisotopic (exact) mass is 261 g/mol. The molecule has 0 unspecified atom stereocenters. The van der Waals surface area contributed by atoms with Crippen LogP contribution >= 0.6 is 0 Å². The van der Waals surface area contributed by atoms with Crippen LogP contribution in [0.2, 0.25) is 0 Å². The molecule has 104 valence electrons. The lowest BCUT2D eigenvalue weighted by atomic mass is 9.97. The lowest BCUT2D eigenvalue weighted by Gasteiger charge is -2.29. The molecule has 0 aromatic heterocycles. The number of nitrogens with two attached hydrogens (primary N) is 1. The van der Waals surface area contributed by atoms with Crippen molar-refractivity contribution in [1.82, 2.24) is 10.2 Å². The standard InChI is InChI=1S/C15H23N3O/c1-11-3-4-14(16)13(9-11)15(19)17-10-12-5-7-18(2)8-6-12/h3-4,9,12H,5-8,10,16H2,1-2H3,(H,17,19). The Labute approximate surface area is 115 Å². The van der Waals surface area contributed by atoms with Crippen molar-refractivity contribution in [3.8, 4) is 0 Å². The lowest BCUT2D eigenvalue weighted by molar-refractivity contribution is 0.0940. The van der Waals surface area contributed by atoms with E-state index in [9.17, 15) is 4.79 Å². The Balaban J connectivity index is 1.89. The normalized spacial score (nSPS) is 17.4. The number of benzene rings is 1. The Kier molecular flexibility index (Phi) is 4.43. The number of rotatable bonds is 3. The van der Waals surface area contributed by atoms with Gasteiger partial charge in [-0.25, -0.2) is 0 Å². The molecule has 1 aliphatic rings. The first-order valence-electron chi connectivity index (χ1n) is 6.89. The molecule has 0 bridgehead atoms. The summed E-state index contributed by atoms with van der Waals surface area (Å²) in [5.41, 5.74) is 8.04. The molecular weight excluding hydrogens is 238 g/mol. The van der Waals surface area contributed by atoms with Gasteiger partial charge in [0.15, 0.2) is 0 Å². The van der Waals surface area contributed by atoms with Crippen molar-refractivity contribution in [1.29, 1.82) is 0 Å². The predicted molar refractivity (Wildman–Crippen MR) is 78.1 cm³/mol. The van der Waals surface area contributed by atoms with Crippen LogP contribution in [0.3, 0.4) is 0 Å². The van der Waals surface area contributed by atoms with Crippen LogP contribution in [0.5, 0.6) is 0 Å². The van der Waals surface area contributed by atoms with Gasteiger partial charge >= 0.3 is 0 Å². The molecule has 1 fully saturated rings. The first-order valence-corrected chi connectivity index (χ1v) is 6.89. The number of amides is 1. The van der Waals surface area contributed by atoms with Gasteiger partial charge < -0.3 is 16.0 Å². The van der Waals surface area contributed by atoms with Gasteiger partial charge in [0.05, 0.1) is 5.56 Å². The molecule has 1 aromatic carbocycles. The van der Waals surface area contributed by atoms with Crippen molar-refractivity contribution in [2.75, 3.05) is 32.4 Å². The number of likely N-dealkylation sites (tertiary alicyclic amines) is 1. The van der Waals surface area contributed by atoms with Crippen molar-refractivity contribution in [2.24, 2.45) is 5.92 Å². The molecule has 4 nitrogen and oxygen atoms in total. The molecule has 1 saturated heterocycles. The summed E-state index contributed by atoms with van der Waals surface area (Å²) in [6, 6.07) is 5.56. The number of aryl methyl sites for hydroxylation is 1. The van der Waals surface area contributed by atoms with Crippen molar-refractivity contribution in [3.05, 3.63) is 29.3 Å². The van der Waals surface area contributed by atoms with Gasteiger partial charge in [0.1, 0.15) is 0 Å². The zero-order valence-corrected chi connectivity index (χ0v) is 11.8. The van der Waals surface area contributed by atoms with Gasteiger partial charge in [-0.2, -0.15) is 0 Å². The molecular formula is C15H23N3O. The zero-order valence-electron chi connectivity index (χ0n) is 11.8. The van der Waals surface area contributed by atoms with E-state index < -0.39 is 0 Å². The molecule has 1 amide bonds. The Morgan fingerprint density at radius 3 is 2.79 bits per heavy atom. The van der Waals surface area contributed by atoms with Gasteiger partial charge in [-0.1, -0.05) is 11.6 Å². The summed E-state index contributed by atoms with van der Waals surface area (Å²) >= 11 is 0. The molecule has 4 heteroatoms. The van der Waals surface area contributed by atoms with E-state index in [-0.39, 0.29) is 5.91 Å². The van der Waals surface area contributed by atoms with Crippen LogP contribution in [0, 0.1) is 12.8 Å². The van der Waals surface area contributed by atoms with Crippen LogP contribution in [0.1, 0.15) is 28.8 Å². The van der Waals surface area contributed by atoms with Crippen LogP contribution < -0.4 is 11.1 Å². The Bertz CT molecular complexity index is 451. The predicted octanol–water partition coefficient (Wildman–Crippen LogP) is 1.65. The van der Waals surface area contributed by atoms with Crippen molar-refractivity contribution in [3.63, 3.8) is 0 Å². The molecule has 0 saturated carbocycles. The van der Waals surface area contributed by atoms with Gasteiger partial charge in [0.2, 0.25) is 0 Å². The molecule has 1 aliphatic heterocycles. The van der Waals surface area contributed by atoms with Crippen LogP contribution in [0.15, 0.2) is 18.2 Å². The number of carbonyl (C=O) groups is 1. The number of piperidine rings is 1. The highest BCUT2D eigenvalue weighted by atomic mass is 16.1. The van der Waals surface area contributed by atoms with Crippen LogP contribution in [-0.2, 0) is 0 Å². The molecule has 3 N–H and O–H groups in total. The summed E-state index contributed by atoms with van der Waals surface area (Å²) in [6.07, 6.45) is 2.31. The minimum Gasteiger partial charge on any atom is -0.398 e. The highest BCUT2D eigenvalue weighted by molar-refractivity contribution is 5.99. The number of carbonyl (C=O) groups excluding carboxylic acids is 1. The smallest absolute Gasteiger partial charge is 0.253 e. The number of nitrogen functional groups attached to an aromatic ring is 1. The Hall–Kier alpha value is -1.55. The minimum absolute atomic E-state index is 0.0554. The van der Waals surface area contributed by atoms with Crippen LogP contribution in [0.25, 0.3) is 0 Å². The number of anilines is 1. The summed E-state index contributed by atoms with van der Waals surface area (Å²) in [4.78, 5) is 14.5. The summed E-state index contributed by atoms with van der Waals surface area (Å²) in [5.74, 6) is 0.534. The molecule has 1 aromatic rings. The SMILES string of the molecule is Cc1ccc(N)c(C(=O)NCC2CCN(C)CC2)c1. The fourth-order valence-corrected chi connectivity index (χ4v) is 2.47. The largest absolute Gasteiger partial charge is 0.398 e. The molecule has 1 heterocycles. The molecule has 19 heavy (non-hydrogen) atoms. The average molecular weight is 261 g/mol. The van der Waals surface area contributed by atoms with E-state index in [0.29, 0.717) is 17.2 Å². The molecule has 0 radical (unpaired) electrons. The van der Waals surface area contributed by atoms with Gasteiger partial charge in [-0.15, -0.1) is 0 Å². The maximum Gasteiger partial charge on any atom is 0.253 e. The average Bonchev–Trinajstić information content (AvgIpc) is 2.40. The summed E-state index contributed by atoms with van der Waals surface area (Å²) < 4.78 is 0. The fourth-order valence-electron chi connectivity index (χ4n) is 2.47. The topological polar surface area (TPSA) is 58.4 Å². The third kappa shape index (κ3) is 3.70. The third-order valence-corrected chi connectivity index (χ3v) is 3.84. The molecule has 0 spiro atoms. The maximum absolute atomic E-state index is 12.1. The fraction of sp³-hybridized carbons (Fsp3) is 0.533. The highest BCUT2D eigenvalue weighted by Gasteiger charge is 2.18. The van der Waals surface area contributed by atoms with Crippen molar-refractivity contribution >= 4 is 11.6 Å². The van der Waals surface area contributed by atoms with Gasteiger partial charge in [0.25, 0.3) is 5.91 Å². The second-order valence-corrected chi connectivity index (χ2v) is 5.55. The van der Waals surface area contributed by atoms with Crippen LogP contribution in [-0.4, -0.2) is 37.5 Å². The summed E-state index contributed by atoms with van der Waals surface area (Å²) in [6.45, 7) is 4.95. The molecule has 2 rings (SSSR count). The second-order valence-electron chi connectivity index (χ2n) is 5.55. The quantitative estimate of drug-likeness (QED) is 0.813. The van der Waals surface area contributed by atoms with Gasteiger partial charge in [-0.3, -0.25) is 4.79 Å². The van der Waals surface area contributed by atoms with E-state index in [1.807, 2.05) is 19.1 Å². The molecule has 0 aliphatic carbocycles. The number of nitrogens with one attached hydrogen (secondary N) is 1. The number of nitrogens with zero attached hydrogens (tertiary/aromatic N) is 1. The zero-order chi connectivity index (χ0) is 13.8. The molecule has 0 atom stereocenters. The van der Waals surface area contributed by atoms with E-state index in [0.717, 1.165) is 38.0 Å². The Morgan fingerprint density at radius 1 is 1.42 bits per heavy atom. The summed E-state index contributed by atoms with van der Waals surface area (Å²) in [5, 5.41) is 3.01. The third-order valence-electron chi connectivity index (χ3n) is 3.84. The van der Waals surface area contributed by atoms with E-state index in [1.54, 1.807) is 6.07 Å². The van der Waals surface area contributed by atoms with E-state index >= 15 is 0 Å². The van der Waals surface area contributed by atoms with Gasteiger partial charge in [-0.05, 0) is 58.0 Å².